The Morgan fingerprint density at radius 2 is 1.69 bits per heavy atom. The van der Waals surface area contributed by atoms with Gasteiger partial charge in [-0.2, -0.15) is 0 Å². The number of fused-ring (bicyclic) bond motifs is 4. The van der Waals surface area contributed by atoms with Gasteiger partial charge in [-0.25, -0.2) is 0 Å². The first kappa shape index (κ1) is 21.7. The number of hydrogen-bond donors (Lipinski definition) is 0. The first-order valence-corrected chi connectivity index (χ1v) is 12.4. The van der Waals surface area contributed by atoms with E-state index in [1.54, 1.807) is 25.6 Å². The summed E-state index contributed by atoms with van der Waals surface area (Å²) >= 11 is 1.56. The fraction of sp³-hybridized carbons (Fsp3) is 0.207. The van der Waals surface area contributed by atoms with E-state index in [4.69, 9.17) is 14.2 Å². The SMILES string of the molecule is COc1cc2c(cc1OC)[C@@H](c1ccccc1)N(C(=O)c1cc3c(s1)-c1ccccc1OC3)CC2. The molecule has 0 unspecified atom stereocenters. The minimum absolute atomic E-state index is 0.0381. The van der Waals surface area contributed by atoms with Crippen molar-refractivity contribution in [1.29, 1.82) is 0 Å². The molecule has 0 saturated heterocycles. The normalized spacial score (nSPS) is 15.9. The van der Waals surface area contributed by atoms with Crippen molar-refractivity contribution < 1.29 is 19.0 Å². The van der Waals surface area contributed by atoms with E-state index in [-0.39, 0.29) is 11.9 Å². The summed E-state index contributed by atoms with van der Waals surface area (Å²) in [6.45, 7) is 1.11. The molecule has 2 aliphatic heterocycles. The number of methoxy groups -OCH3 is 2. The molecule has 0 spiro atoms. The number of carbonyl (C=O) groups is 1. The van der Waals surface area contributed by atoms with Gasteiger partial charge >= 0.3 is 0 Å². The number of rotatable bonds is 4. The van der Waals surface area contributed by atoms with E-state index in [1.807, 2.05) is 59.5 Å². The first-order chi connectivity index (χ1) is 17.2. The molecule has 0 radical (unpaired) electrons. The number of nitrogens with zero attached hydrogens (tertiary/aromatic N) is 1. The molecule has 35 heavy (non-hydrogen) atoms. The highest BCUT2D eigenvalue weighted by Crippen LogP contribution is 2.45. The van der Waals surface area contributed by atoms with Crippen molar-refractivity contribution in [3.05, 3.63) is 99.9 Å². The van der Waals surface area contributed by atoms with Crippen LogP contribution in [0.1, 0.15) is 38.0 Å². The van der Waals surface area contributed by atoms with Gasteiger partial charge in [0.05, 0.1) is 25.1 Å². The lowest BCUT2D eigenvalue weighted by Gasteiger charge is -2.38. The highest BCUT2D eigenvalue weighted by Gasteiger charge is 2.35. The molecular weight excluding hydrogens is 458 g/mol. The summed E-state index contributed by atoms with van der Waals surface area (Å²) in [4.78, 5) is 17.9. The van der Waals surface area contributed by atoms with E-state index in [1.165, 1.54) is 5.56 Å². The average molecular weight is 484 g/mol. The third-order valence-corrected chi connectivity index (χ3v) is 7.98. The topological polar surface area (TPSA) is 48.0 Å². The summed E-state index contributed by atoms with van der Waals surface area (Å²) in [5.41, 5.74) is 5.44. The van der Waals surface area contributed by atoms with Crippen LogP contribution in [0.25, 0.3) is 10.4 Å². The quantitative estimate of drug-likeness (QED) is 0.351. The van der Waals surface area contributed by atoms with Gasteiger partial charge in [0.1, 0.15) is 12.4 Å². The smallest absolute Gasteiger partial charge is 0.264 e. The van der Waals surface area contributed by atoms with Crippen molar-refractivity contribution >= 4 is 17.2 Å². The molecule has 0 saturated carbocycles. The van der Waals surface area contributed by atoms with Crippen LogP contribution in [0, 0.1) is 0 Å². The van der Waals surface area contributed by atoms with E-state index in [9.17, 15) is 4.79 Å². The van der Waals surface area contributed by atoms with Crippen LogP contribution in [0.3, 0.4) is 0 Å². The monoisotopic (exact) mass is 483 g/mol. The van der Waals surface area contributed by atoms with Crippen molar-refractivity contribution in [2.24, 2.45) is 0 Å². The van der Waals surface area contributed by atoms with Gasteiger partial charge in [-0.1, -0.05) is 42.5 Å². The standard InChI is InChI=1S/C29H25NO4S/c1-32-24-14-19-12-13-30(27(18-8-4-3-5-9-18)22(19)16-25(24)33-2)29(31)26-15-20-17-34-23-11-7-6-10-21(23)28(20)35-26/h3-11,14-16,27H,12-13,17H2,1-2H3/t27-/m1/s1. The molecule has 3 aromatic carbocycles. The minimum Gasteiger partial charge on any atom is -0.493 e. The van der Waals surface area contributed by atoms with Gasteiger partial charge in [0.25, 0.3) is 5.91 Å². The second kappa shape index (κ2) is 8.78. The van der Waals surface area contributed by atoms with Gasteiger partial charge in [0.15, 0.2) is 11.5 Å². The summed E-state index contributed by atoms with van der Waals surface area (Å²) in [6.07, 6.45) is 0.752. The molecule has 1 atom stereocenters. The summed E-state index contributed by atoms with van der Waals surface area (Å²) in [6, 6.07) is 24.1. The average Bonchev–Trinajstić information content (AvgIpc) is 3.36. The van der Waals surface area contributed by atoms with Gasteiger partial charge in [0.2, 0.25) is 0 Å². The summed E-state index contributed by atoms with van der Waals surface area (Å²) in [7, 11) is 3.29. The third-order valence-electron chi connectivity index (χ3n) is 6.78. The molecule has 4 aromatic rings. The Hall–Kier alpha value is -3.77. The zero-order chi connectivity index (χ0) is 23.9. The maximum Gasteiger partial charge on any atom is 0.264 e. The van der Waals surface area contributed by atoms with E-state index < -0.39 is 0 Å². The van der Waals surface area contributed by atoms with Crippen LogP contribution in [0.15, 0.2) is 72.8 Å². The lowest BCUT2D eigenvalue weighted by Crippen LogP contribution is -2.40. The Balaban J connectivity index is 1.43. The first-order valence-electron chi connectivity index (χ1n) is 11.6. The highest BCUT2D eigenvalue weighted by atomic mass is 32.1. The fourth-order valence-electron chi connectivity index (χ4n) is 5.11. The Morgan fingerprint density at radius 1 is 0.943 bits per heavy atom. The molecular formula is C29H25NO4S. The molecule has 6 heteroatoms. The molecule has 1 amide bonds. The molecule has 1 aromatic heterocycles. The zero-order valence-corrected chi connectivity index (χ0v) is 20.4. The summed E-state index contributed by atoms with van der Waals surface area (Å²) in [5.74, 6) is 2.29. The van der Waals surface area contributed by atoms with Crippen molar-refractivity contribution in [3.8, 4) is 27.7 Å². The molecule has 0 aliphatic carbocycles. The largest absolute Gasteiger partial charge is 0.493 e. The van der Waals surface area contributed by atoms with Crippen molar-refractivity contribution in [2.75, 3.05) is 20.8 Å². The van der Waals surface area contributed by atoms with Crippen LogP contribution in [0.5, 0.6) is 17.2 Å². The van der Waals surface area contributed by atoms with E-state index in [0.29, 0.717) is 24.7 Å². The third kappa shape index (κ3) is 3.65. The van der Waals surface area contributed by atoms with Crippen LogP contribution >= 0.6 is 11.3 Å². The van der Waals surface area contributed by atoms with Crippen molar-refractivity contribution in [1.82, 2.24) is 4.90 Å². The second-order valence-electron chi connectivity index (χ2n) is 8.72. The number of thiophene rings is 1. The Morgan fingerprint density at radius 3 is 2.49 bits per heavy atom. The summed E-state index contributed by atoms with van der Waals surface area (Å²) in [5, 5.41) is 0. The van der Waals surface area contributed by atoms with E-state index >= 15 is 0 Å². The van der Waals surface area contributed by atoms with Gasteiger partial charge in [-0.05, 0) is 53.4 Å². The van der Waals surface area contributed by atoms with Gasteiger partial charge in [-0.3, -0.25) is 4.79 Å². The second-order valence-corrected chi connectivity index (χ2v) is 9.77. The molecule has 6 rings (SSSR count). The molecule has 176 valence electrons. The van der Waals surface area contributed by atoms with E-state index in [2.05, 4.69) is 18.2 Å². The van der Waals surface area contributed by atoms with Crippen LogP contribution in [0.2, 0.25) is 0 Å². The molecule has 0 bridgehead atoms. The summed E-state index contributed by atoms with van der Waals surface area (Å²) < 4.78 is 17.1. The molecule has 0 fully saturated rings. The lowest BCUT2D eigenvalue weighted by molar-refractivity contribution is 0.0699. The Labute approximate surface area is 208 Å². The molecule has 3 heterocycles. The number of benzene rings is 3. The zero-order valence-electron chi connectivity index (χ0n) is 19.6. The number of para-hydroxylation sites is 1. The predicted molar refractivity (Wildman–Crippen MR) is 137 cm³/mol. The molecule has 2 aliphatic rings. The highest BCUT2D eigenvalue weighted by molar-refractivity contribution is 7.17. The van der Waals surface area contributed by atoms with Crippen LogP contribution in [0.4, 0.5) is 0 Å². The van der Waals surface area contributed by atoms with Crippen LogP contribution < -0.4 is 14.2 Å². The maximum atomic E-state index is 14.0. The lowest BCUT2D eigenvalue weighted by atomic mass is 9.87. The number of carbonyl (C=O) groups excluding carboxylic acids is 1. The van der Waals surface area contributed by atoms with Crippen LogP contribution in [-0.2, 0) is 13.0 Å². The fourth-order valence-corrected chi connectivity index (χ4v) is 6.26. The van der Waals surface area contributed by atoms with E-state index in [0.717, 1.165) is 44.2 Å². The number of amides is 1. The number of hydrogen-bond acceptors (Lipinski definition) is 5. The van der Waals surface area contributed by atoms with Crippen LogP contribution in [-0.4, -0.2) is 31.6 Å². The number of ether oxygens (including phenoxy) is 3. The van der Waals surface area contributed by atoms with Gasteiger partial charge in [0, 0.05) is 22.5 Å². The van der Waals surface area contributed by atoms with Crippen molar-refractivity contribution in [3.63, 3.8) is 0 Å². The van der Waals surface area contributed by atoms with Crippen molar-refractivity contribution in [2.45, 2.75) is 19.1 Å². The Bertz CT molecular complexity index is 1410. The maximum absolute atomic E-state index is 14.0. The van der Waals surface area contributed by atoms with Gasteiger partial charge < -0.3 is 19.1 Å². The van der Waals surface area contributed by atoms with Gasteiger partial charge in [-0.15, -0.1) is 11.3 Å². The molecule has 0 N–H and O–H groups in total. The molecule has 5 nitrogen and oxygen atoms in total. The Kier molecular flexibility index (Phi) is 5.46. The predicted octanol–water partition coefficient (Wildman–Crippen LogP) is 6.11. The minimum atomic E-state index is -0.213.